The van der Waals surface area contributed by atoms with Crippen LogP contribution in [0, 0.1) is 0 Å². The Morgan fingerprint density at radius 2 is 2.00 bits per heavy atom. The van der Waals surface area contributed by atoms with Crippen LogP contribution in [0.5, 0.6) is 0 Å². The average molecular weight is 258 g/mol. The van der Waals surface area contributed by atoms with Gasteiger partial charge in [0.1, 0.15) is 5.69 Å². The molecule has 4 heteroatoms. The molecule has 0 aliphatic rings. The Morgan fingerprint density at radius 1 is 1.22 bits per heavy atom. The molecule has 0 fully saturated rings. The van der Waals surface area contributed by atoms with Crippen LogP contribution in [0.3, 0.4) is 0 Å². The number of rotatable bonds is 4. The largest absolute Gasteiger partial charge is 0.347 e. The quantitative estimate of drug-likeness (QED) is 0.857. The van der Waals surface area contributed by atoms with Crippen molar-refractivity contribution < 1.29 is 4.79 Å². The first kappa shape index (κ1) is 12.6. The third-order valence-electron chi connectivity index (χ3n) is 2.51. The maximum atomic E-state index is 11.8. The number of thioether (sulfide) groups is 1. The summed E-state index contributed by atoms with van der Waals surface area (Å²) in [5, 5.41) is 2.84. The number of pyridine rings is 1. The molecule has 0 spiro atoms. The normalized spacial score (nSPS) is 10.1. The minimum Gasteiger partial charge on any atom is -0.347 e. The lowest BCUT2D eigenvalue weighted by atomic mass is 10.2. The van der Waals surface area contributed by atoms with Crippen LogP contribution < -0.4 is 5.32 Å². The van der Waals surface area contributed by atoms with Gasteiger partial charge in [-0.15, -0.1) is 11.8 Å². The molecule has 1 aromatic carbocycles. The number of hydrogen-bond donors (Lipinski definition) is 1. The monoisotopic (exact) mass is 258 g/mol. The van der Waals surface area contributed by atoms with Gasteiger partial charge >= 0.3 is 0 Å². The SMILES string of the molecule is CSc1ccc(CNC(=O)c2ccccn2)cc1. The van der Waals surface area contributed by atoms with Gasteiger partial charge in [-0.3, -0.25) is 9.78 Å². The standard InChI is InChI=1S/C14H14N2OS/c1-18-12-7-5-11(6-8-12)10-16-14(17)13-4-2-3-9-15-13/h2-9H,10H2,1H3,(H,16,17). The fraction of sp³-hybridized carbons (Fsp3) is 0.143. The van der Waals surface area contributed by atoms with Crippen LogP contribution >= 0.6 is 11.8 Å². The molecule has 0 saturated heterocycles. The number of carbonyl (C=O) groups is 1. The molecule has 2 aromatic rings. The molecule has 1 amide bonds. The van der Waals surface area contributed by atoms with Crippen molar-refractivity contribution in [1.29, 1.82) is 0 Å². The van der Waals surface area contributed by atoms with Crippen molar-refractivity contribution in [3.05, 3.63) is 59.9 Å². The number of amides is 1. The number of nitrogens with zero attached hydrogens (tertiary/aromatic N) is 1. The van der Waals surface area contributed by atoms with Crippen molar-refractivity contribution in [2.24, 2.45) is 0 Å². The average Bonchev–Trinajstić information content (AvgIpc) is 2.46. The molecule has 1 N–H and O–H groups in total. The highest BCUT2D eigenvalue weighted by atomic mass is 32.2. The predicted octanol–water partition coefficient (Wildman–Crippen LogP) is 2.73. The Labute approximate surface area is 111 Å². The van der Waals surface area contributed by atoms with E-state index in [0.29, 0.717) is 12.2 Å². The van der Waals surface area contributed by atoms with Gasteiger partial charge < -0.3 is 5.32 Å². The summed E-state index contributed by atoms with van der Waals surface area (Å²) in [4.78, 5) is 17.0. The van der Waals surface area contributed by atoms with Gasteiger partial charge in [-0.2, -0.15) is 0 Å². The van der Waals surface area contributed by atoms with E-state index >= 15 is 0 Å². The Balaban J connectivity index is 1.93. The second-order valence-electron chi connectivity index (χ2n) is 3.75. The van der Waals surface area contributed by atoms with Crippen molar-refractivity contribution in [2.75, 3.05) is 6.26 Å². The van der Waals surface area contributed by atoms with Crippen molar-refractivity contribution in [1.82, 2.24) is 10.3 Å². The molecule has 1 aromatic heterocycles. The summed E-state index contributed by atoms with van der Waals surface area (Å²) in [6, 6.07) is 13.4. The molecule has 18 heavy (non-hydrogen) atoms. The molecular formula is C14H14N2OS. The molecule has 3 nitrogen and oxygen atoms in total. The molecule has 0 aliphatic carbocycles. The summed E-state index contributed by atoms with van der Waals surface area (Å²) >= 11 is 1.70. The molecule has 0 radical (unpaired) electrons. The van der Waals surface area contributed by atoms with Gasteiger partial charge in [0.05, 0.1) is 0 Å². The molecule has 92 valence electrons. The number of nitrogens with one attached hydrogen (secondary N) is 1. The van der Waals surface area contributed by atoms with E-state index in [-0.39, 0.29) is 5.91 Å². The second-order valence-corrected chi connectivity index (χ2v) is 4.63. The minimum absolute atomic E-state index is 0.149. The zero-order valence-corrected chi connectivity index (χ0v) is 10.9. The molecule has 1 heterocycles. The zero-order chi connectivity index (χ0) is 12.8. The lowest BCUT2D eigenvalue weighted by Crippen LogP contribution is -2.23. The van der Waals surface area contributed by atoms with E-state index in [1.165, 1.54) is 4.90 Å². The second kappa shape index (κ2) is 6.21. The van der Waals surface area contributed by atoms with Gasteiger partial charge in [-0.1, -0.05) is 18.2 Å². The molecule has 0 saturated carbocycles. The highest BCUT2D eigenvalue weighted by Crippen LogP contribution is 2.14. The maximum absolute atomic E-state index is 11.8. The van der Waals surface area contributed by atoms with Crippen molar-refractivity contribution in [3.63, 3.8) is 0 Å². The van der Waals surface area contributed by atoms with Crippen LogP contribution in [0.1, 0.15) is 16.1 Å². The Morgan fingerprint density at radius 3 is 2.61 bits per heavy atom. The lowest BCUT2D eigenvalue weighted by molar-refractivity contribution is 0.0946. The number of aromatic nitrogens is 1. The summed E-state index contributed by atoms with van der Waals surface area (Å²) in [6.45, 7) is 0.518. The summed E-state index contributed by atoms with van der Waals surface area (Å²) in [5.41, 5.74) is 1.52. The zero-order valence-electron chi connectivity index (χ0n) is 10.1. The third kappa shape index (κ3) is 3.34. The lowest BCUT2D eigenvalue weighted by Gasteiger charge is -2.05. The summed E-state index contributed by atoms with van der Waals surface area (Å²) in [6.07, 6.45) is 3.65. The highest BCUT2D eigenvalue weighted by Gasteiger charge is 2.05. The van der Waals surface area contributed by atoms with Crippen LogP contribution in [0.4, 0.5) is 0 Å². The molecule has 2 rings (SSSR count). The Hall–Kier alpha value is -1.81. The van der Waals surface area contributed by atoms with Gasteiger partial charge in [0, 0.05) is 17.6 Å². The highest BCUT2D eigenvalue weighted by molar-refractivity contribution is 7.98. The van der Waals surface area contributed by atoms with E-state index in [4.69, 9.17) is 0 Å². The van der Waals surface area contributed by atoms with Gasteiger partial charge in [0.2, 0.25) is 0 Å². The predicted molar refractivity (Wildman–Crippen MR) is 73.6 cm³/mol. The van der Waals surface area contributed by atoms with Crippen LogP contribution in [0.2, 0.25) is 0 Å². The van der Waals surface area contributed by atoms with Gasteiger partial charge in [-0.05, 0) is 36.1 Å². The summed E-state index contributed by atoms with van der Waals surface area (Å²) < 4.78 is 0. The minimum atomic E-state index is -0.149. The Bertz CT molecular complexity index is 511. The summed E-state index contributed by atoms with van der Waals surface area (Å²) in [5.74, 6) is -0.149. The van der Waals surface area contributed by atoms with Gasteiger partial charge in [0.15, 0.2) is 0 Å². The van der Waals surface area contributed by atoms with Crippen molar-refractivity contribution in [3.8, 4) is 0 Å². The van der Waals surface area contributed by atoms with E-state index < -0.39 is 0 Å². The summed E-state index contributed by atoms with van der Waals surface area (Å²) in [7, 11) is 0. The van der Waals surface area contributed by atoms with Crippen LogP contribution in [-0.2, 0) is 6.54 Å². The van der Waals surface area contributed by atoms with E-state index in [1.807, 2.05) is 30.5 Å². The van der Waals surface area contributed by atoms with E-state index in [9.17, 15) is 4.79 Å². The smallest absolute Gasteiger partial charge is 0.270 e. The van der Waals surface area contributed by atoms with Gasteiger partial charge in [-0.25, -0.2) is 0 Å². The fourth-order valence-corrected chi connectivity index (χ4v) is 1.92. The third-order valence-corrected chi connectivity index (χ3v) is 3.25. The van der Waals surface area contributed by atoms with E-state index in [0.717, 1.165) is 5.56 Å². The molecular weight excluding hydrogens is 244 g/mol. The van der Waals surface area contributed by atoms with E-state index in [2.05, 4.69) is 10.3 Å². The number of carbonyl (C=O) groups excluding carboxylic acids is 1. The van der Waals surface area contributed by atoms with E-state index in [1.54, 1.807) is 36.2 Å². The van der Waals surface area contributed by atoms with Crippen LogP contribution in [-0.4, -0.2) is 17.1 Å². The topological polar surface area (TPSA) is 42.0 Å². The van der Waals surface area contributed by atoms with Gasteiger partial charge in [0.25, 0.3) is 5.91 Å². The van der Waals surface area contributed by atoms with Crippen molar-refractivity contribution >= 4 is 17.7 Å². The first-order chi connectivity index (χ1) is 8.79. The Kier molecular flexibility index (Phi) is 4.36. The van der Waals surface area contributed by atoms with Crippen LogP contribution in [0.15, 0.2) is 53.6 Å². The number of hydrogen-bond acceptors (Lipinski definition) is 3. The molecule has 0 atom stereocenters. The molecule has 0 unspecified atom stereocenters. The first-order valence-electron chi connectivity index (χ1n) is 5.62. The molecule has 0 aliphatic heterocycles. The van der Waals surface area contributed by atoms with Crippen molar-refractivity contribution in [2.45, 2.75) is 11.4 Å². The first-order valence-corrected chi connectivity index (χ1v) is 6.84. The molecule has 0 bridgehead atoms. The maximum Gasteiger partial charge on any atom is 0.270 e. The number of benzene rings is 1. The van der Waals surface area contributed by atoms with Crippen LogP contribution in [0.25, 0.3) is 0 Å². The fourth-order valence-electron chi connectivity index (χ4n) is 1.51.